The van der Waals surface area contributed by atoms with Gasteiger partial charge in [-0.2, -0.15) is 9.97 Å². The largest absolute Gasteiger partial charge is 0.482 e. The van der Waals surface area contributed by atoms with E-state index in [-0.39, 0.29) is 12.5 Å². The number of carbonyl (C=O) groups excluding carboxylic acids is 1. The van der Waals surface area contributed by atoms with Crippen LogP contribution in [0, 0.1) is 0 Å². The summed E-state index contributed by atoms with van der Waals surface area (Å²) in [6.07, 6.45) is 1.75. The molecule has 2 aliphatic rings. The average molecular weight is 525 g/mol. The monoisotopic (exact) mass is 524 g/mol. The lowest BCUT2D eigenvalue weighted by Gasteiger charge is -2.33. The van der Waals surface area contributed by atoms with E-state index in [1.54, 1.807) is 6.20 Å². The fourth-order valence-electron chi connectivity index (χ4n) is 4.72. The van der Waals surface area contributed by atoms with Crippen LogP contribution < -0.4 is 19.7 Å². The van der Waals surface area contributed by atoms with Crippen LogP contribution in [0.15, 0.2) is 85.1 Å². The molecule has 1 saturated heterocycles. The first-order valence-electron chi connectivity index (χ1n) is 13.1. The molecule has 0 bridgehead atoms. The van der Waals surface area contributed by atoms with E-state index in [9.17, 15) is 4.79 Å². The summed E-state index contributed by atoms with van der Waals surface area (Å²) in [5, 5.41) is 1.92. The van der Waals surface area contributed by atoms with Gasteiger partial charge in [-0.25, -0.2) is 5.32 Å². The van der Waals surface area contributed by atoms with Gasteiger partial charge in [0.1, 0.15) is 22.9 Å². The Morgan fingerprint density at radius 1 is 0.897 bits per heavy atom. The molecular weight excluding hydrogens is 494 g/mol. The van der Waals surface area contributed by atoms with Gasteiger partial charge in [-0.05, 0) is 48.5 Å². The first-order chi connectivity index (χ1) is 19.2. The van der Waals surface area contributed by atoms with Crippen molar-refractivity contribution in [1.82, 2.24) is 14.9 Å². The van der Waals surface area contributed by atoms with Gasteiger partial charge in [0, 0.05) is 44.0 Å². The normalized spacial score (nSPS) is 15.5. The van der Waals surface area contributed by atoms with Crippen LogP contribution in [0.25, 0.3) is 11.3 Å². The van der Waals surface area contributed by atoms with Gasteiger partial charge in [-0.15, -0.1) is 0 Å². The molecule has 0 saturated carbocycles. The molecule has 9 heteroatoms. The number of anilines is 1. The number of para-hydroxylation sites is 1. The molecule has 2 N–H and O–H groups in total. The van der Waals surface area contributed by atoms with Gasteiger partial charge in [0.2, 0.25) is 0 Å². The molecule has 3 heterocycles. The maximum absolute atomic E-state index is 12.8. The first-order valence-corrected chi connectivity index (χ1v) is 13.1. The zero-order chi connectivity index (χ0) is 26.4. The topological polar surface area (TPSA) is 93.6 Å². The van der Waals surface area contributed by atoms with Crippen LogP contribution in [0.5, 0.6) is 17.2 Å². The molecule has 6 rings (SSSR count). The van der Waals surface area contributed by atoms with Gasteiger partial charge in [-0.1, -0.05) is 24.3 Å². The number of amides is 1. The fourth-order valence-corrected chi connectivity index (χ4v) is 4.72. The number of ether oxygens (including phenoxy) is 3. The number of hydrogen-bond donors (Lipinski definition) is 1. The zero-order valence-electron chi connectivity index (χ0n) is 21.5. The van der Waals surface area contributed by atoms with Gasteiger partial charge in [-0.3, -0.25) is 9.69 Å². The summed E-state index contributed by atoms with van der Waals surface area (Å²) in [5.74, 6) is 2.77. The summed E-state index contributed by atoms with van der Waals surface area (Å²) in [6, 6.07) is 25.2. The van der Waals surface area contributed by atoms with E-state index < -0.39 is 0 Å². The zero-order valence-corrected chi connectivity index (χ0v) is 21.5. The number of benzene rings is 3. The van der Waals surface area contributed by atoms with Crippen LogP contribution in [0.4, 0.5) is 17.3 Å². The maximum atomic E-state index is 12.8. The van der Waals surface area contributed by atoms with Crippen molar-refractivity contribution >= 4 is 23.2 Å². The van der Waals surface area contributed by atoms with Gasteiger partial charge in [0.15, 0.2) is 6.61 Å². The number of rotatable bonds is 8. The summed E-state index contributed by atoms with van der Waals surface area (Å²) < 4.78 is 17.1. The quantitative estimate of drug-likeness (QED) is 0.353. The number of fused-ring (bicyclic) bond motifs is 1. The van der Waals surface area contributed by atoms with Gasteiger partial charge < -0.3 is 19.1 Å². The number of carbonyl (C=O) groups is 1. The highest BCUT2D eigenvalue weighted by atomic mass is 16.5. The van der Waals surface area contributed by atoms with E-state index in [0.29, 0.717) is 18.2 Å². The minimum absolute atomic E-state index is 0.0396. The molecular formula is C30H30N5O4+. The Hall–Kier alpha value is -4.31. The van der Waals surface area contributed by atoms with Gasteiger partial charge in [0.25, 0.3) is 5.91 Å². The Balaban J connectivity index is 1.19. The highest BCUT2D eigenvalue weighted by Crippen LogP contribution is 2.35. The Bertz CT molecular complexity index is 1440. The third kappa shape index (κ3) is 6.06. The molecule has 39 heavy (non-hydrogen) atoms. The average Bonchev–Trinajstić information content (AvgIpc) is 2.98. The number of hydrogen-bond acceptors (Lipinski definition) is 7. The van der Waals surface area contributed by atoms with Crippen molar-refractivity contribution in [3.05, 3.63) is 85.1 Å². The summed E-state index contributed by atoms with van der Waals surface area (Å²) in [7, 11) is 0. The second-order valence-corrected chi connectivity index (χ2v) is 9.40. The molecule has 0 aliphatic carbocycles. The van der Waals surface area contributed by atoms with E-state index in [1.165, 1.54) is 0 Å². The Kier molecular flexibility index (Phi) is 7.44. The standard InChI is InChI=1S/C30H29N5O4/c36-29-21-38-28-10-9-22(19-27(28)35(29)14-13-34-15-17-37-18-16-34)26-11-12-31-30(33-26)32-23-5-4-8-25(20-23)39-24-6-2-1-3-7-24/h1-12,19-20H,13-18,21H2,(H,31,32,33)/p+1. The second-order valence-electron chi connectivity index (χ2n) is 9.40. The van der Waals surface area contributed by atoms with E-state index in [0.717, 1.165) is 67.0 Å². The van der Waals surface area contributed by atoms with Crippen LogP contribution in [-0.2, 0) is 9.53 Å². The van der Waals surface area contributed by atoms with Crippen LogP contribution in [0.1, 0.15) is 0 Å². The predicted octanol–water partition coefficient (Wildman–Crippen LogP) is 3.52. The Morgan fingerprint density at radius 3 is 2.62 bits per heavy atom. The number of nitrogens with two attached hydrogens (primary N) is 1. The Labute approximate surface area is 227 Å². The van der Waals surface area contributed by atoms with Gasteiger partial charge >= 0.3 is 5.95 Å². The molecule has 9 nitrogen and oxygen atoms in total. The SMILES string of the molecule is O=C1COc2ccc(-c3ccnc([NH2+]c4cccc(Oc5ccccc5)c4)n3)cc2N1CCN1CCOCC1. The minimum atomic E-state index is -0.0396. The van der Waals surface area contributed by atoms with Crippen molar-refractivity contribution in [3.63, 3.8) is 0 Å². The molecule has 3 aromatic carbocycles. The molecule has 198 valence electrons. The van der Waals surface area contributed by atoms with Crippen molar-refractivity contribution in [1.29, 1.82) is 0 Å². The van der Waals surface area contributed by atoms with Crippen molar-refractivity contribution in [2.24, 2.45) is 0 Å². The molecule has 1 amide bonds. The number of morpholine rings is 1. The van der Waals surface area contributed by atoms with Gasteiger partial charge in [0.05, 0.1) is 24.6 Å². The third-order valence-electron chi connectivity index (χ3n) is 6.75. The smallest absolute Gasteiger partial charge is 0.331 e. The van der Waals surface area contributed by atoms with E-state index >= 15 is 0 Å². The molecule has 2 aliphatic heterocycles. The van der Waals surface area contributed by atoms with Crippen LogP contribution in [-0.4, -0.2) is 66.8 Å². The Morgan fingerprint density at radius 2 is 1.74 bits per heavy atom. The highest BCUT2D eigenvalue weighted by molar-refractivity contribution is 5.98. The number of quaternary nitrogens is 1. The van der Waals surface area contributed by atoms with E-state index in [2.05, 4.69) is 9.88 Å². The summed E-state index contributed by atoms with van der Waals surface area (Å²) in [6.45, 7) is 4.67. The molecule has 0 radical (unpaired) electrons. The summed E-state index contributed by atoms with van der Waals surface area (Å²) >= 11 is 0. The molecule has 0 unspecified atom stereocenters. The predicted molar refractivity (Wildman–Crippen MR) is 147 cm³/mol. The summed E-state index contributed by atoms with van der Waals surface area (Å²) in [5.41, 5.74) is 3.36. The molecule has 1 aromatic heterocycles. The minimum Gasteiger partial charge on any atom is -0.482 e. The van der Waals surface area contributed by atoms with Crippen LogP contribution in [0.3, 0.4) is 0 Å². The lowest BCUT2D eigenvalue weighted by molar-refractivity contribution is -0.487. The number of nitrogens with zero attached hydrogens (tertiary/aromatic N) is 4. The first kappa shape index (κ1) is 25.0. The van der Waals surface area contributed by atoms with Crippen LogP contribution in [0.2, 0.25) is 0 Å². The highest BCUT2D eigenvalue weighted by Gasteiger charge is 2.27. The molecule has 0 atom stereocenters. The third-order valence-corrected chi connectivity index (χ3v) is 6.75. The lowest BCUT2D eigenvalue weighted by Crippen LogP contribution is -2.72. The fraction of sp³-hybridized carbons (Fsp3) is 0.233. The van der Waals surface area contributed by atoms with E-state index in [4.69, 9.17) is 19.2 Å². The summed E-state index contributed by atoms with van der Waals surface area (Å²) in [4.78, 5) is 26.2. The molecule has 0 spiro atoms. The second kappa shape index (κ2) is 11.6. The molecule has 4 aromatic rings. The van der Waals surface area contributed by atoms with Crippen molar-refractivity contribution in [3.8, 4) is 28.5 Å². The maximum Gasteiger partial charge on any atom is 0.331 e. The van der Waals surface area contributed by atoms with E-state index in [1.807, 2.05) is 89.1 Å². The van der Waals surface area contributed by atoms with Crippen molar-refractivity contribution in [2.75, 3.05) is 50.9 Å². The lowest BCUT2D eigenvalue weighted by atomic mass is 10.1. The molecule has 1 fully saturated rings. The van der Waals surface area contributed by atoms with Crippen LogP contribution >= 0.6 is 0 Å². The van der Waals surface area contributed by atoms with Crippen molar-refractivity contribution in [2.45, 2.75) is 0 Å². The van der Waals surface area contributed by atoms with Crippen molar-refractivity contribution < 1.29 is 24.3 Å². The number of aromatic nitrogens is 2.